The topological polar surface area (TPSA) is 45.1 Å². The van der Waals surface area contributed by atoms with Gasteiger partial charge in [0.2, 0.25) is 0 Å². The molecule has 1 aromatic heterocycles. The molecule has 1 heterocycles. The van der Waals surface area contributed by atoms with Gasteiger partial charge >= 0.3 is 0 Å². The molecule has 0 amide bonds. The number of rotatable bonds is 4. The maximum Gasteiger partial charge on any atom is 0.0829 e. The van der Waals surface area contributed by atoms with E-state index in [1.807, 2.05) is 43.3 Å². The molecule has 1 atom stereocenters. The maximum atomic E-state index is 9.67. The molecule has 0 radical (unpaired) electrons. The third-order valence-corrected chi connectivity index (χ3v) is 3.11. The van der Waals surface area contributed by atoms with Gasteiger partial charge in [0, 0.05) is 18.1 Å². The molecule has 94 valence electrons. The number of pyridine rings is 1. The predicted octanol–water partition coefficient (Wildman–Crippen LogP) is 2.71. The van der Waals surface area contributed by atoms with Gasteiger partial charge in [-0.2, -0.15) is 0 Å². The first kappa shape index (κ1) is 12.6. The Kier molecular flexibility index (Phi) is 3.63. The summed E-state index contributed by atoms with van der Waals surface area (Å²) in [5.41, 5.74) is 2.72. The molecule has 2 rings (SSSR count). The van der Waals surface area contributed by atoms with Crippen LogP contribution in [-0.2, 0) is 5.54 Å². The first-order chi connectivity index (χ1) is 8.64. The lowest BCUT2D eigenvalue weighted by atomic mass is 9.93. The molecule has 3 nitrogen and oxygen atoms in total. The minimum Gasteiger partial charge on any atom is -0.394 e. The second kappa shape index (κ2) is 5.19. The predicted molar refractivity (Wildman–Crippen MR) is 73.5 cm³/mol. The Morgan fingerprint density at radius 3 is 2.28 bits per heavy atom. The number of aromatic nitrogens is 1. The molecule has 0 saturated heterocycles. The third kappa shape index (κ3) is 2.68. The molecule has 0 aliphatic rings. The molecule has 3 heteroatoms. The Balaban J connectivity index is 2.26. The van der Waals surface area contributed by atoms with Gasteiger partial charge in [-0.25, -0.2) is 0 Å². The molecule has 0 aliphatic carbocycles. The van der Waals surface area contributed by atoms with Gasteiger partial charge in [-0.05, 0) is 43.7 Å². The minimum atomic E-state index is -0.502. The molecule has 0 fully saturated rings. The molecule has 0 bridgehead atoms. The molecular formula is C15H18N2O. The summed E-state index contributed by atoms with van der Waals surface area (Å²) in [6.45, 7) is 4.05. The number of aliphatic hydroxyl groups excluding tert-OH is 1. The number of hydrogen-bond acceptors (Lipinski definition) is 3. The fraction of sp³-hybridized carbons (Fsp3) is 0.267. The summed E-state index contributed by atoms with van der Waals surface area (Å²) < 4.78 is 0. The highest BCUT2D eigenvalue weighted by Gasteiger charge is 2.25. The van der Waals surface area contributed by atoms with Crippen molar-refractivity contribution in [1.29, 1.82) is 0 Å². The molecule has 2 N–H and O–H groups in total. The lowest BCUT2D eigenvalue weighted by molar-refractivity contribution is 0.224. The second-order valence-electron chi connectivity index (χ2n) is 4.72. The van der Waals surface area contributed by atoms with E-state index < -0.39 is 5.54 Å². The summed E-state index contributed by atoms with van der Waals surface area (Å²) in [6.07, 6.45) is 3.47. The molecular weight excluding hydrogens is 224 g/mol. The highest BCUT2D eigenvalue weighted by molar-refractivity contribution is 5.48. The number of aryl methyl sites for hydroxylation is 1. The van der Waals surface area contributed by atoms with E-state index in [1.165, 1.54) is 5.56 Å². The lowest BCUT2D eigenvalue weighted by Crippen LogP contribution is -2.35. The van der Waals surface area contributed by atoms with E-state index in [1.54, 1.807) is 12.4 Å². The first-order valence-corrected chi connectivity index (χ1v) is 6.00. The van der Waals surface area contributed by atoms with Gasteiger partial charge < -0.3 is 10.4 Å². The molecule has 18 heavy (non-hydrogen) atoms. The molecule has 1 unspecified atom stereocenters. The van der Waals surface area contributed by atoms with Gasteiger partial charge in [0.15, 0.2) is 0 Å². The smallest absolute Gasteiger partial charge is 0.0829 e. The van der Waals surface area contributed by atoms with Crippen molar-refractivity contribution in [2.75, 3.05) is 11.9 Å². The Morgan fingerprint density at radius 1 is 1.11 bits per heavy atom. The Morgan fingerprint density at radius 2 is 1.72 bits per heavy atom. The summed E-state index contributed by atoms with van der Waals surface area (Å²) >= 11 is 0. The van der Waals surface area contributed by atoms with E-state index >= 15 is 0 Å². The van der Waals surface area contributed by atoms with Crippen molar-refractivity contribution >= 4 is 5.69 Å². The van der Waals surface area contributed by atoms with Gasteiger partial charge in [-0.15, -0.1) is 0 Å². The average molecular weight is 242 g/mol. The average Bonchev–Trinajstić information content (AvgIpc) is 2.42. The highest BCUT2D eigenvalue weighted by Crippen LogP contribution is 2.25. The Labute approximate surface area is 108 Å². The summed E-state index contributed by atoms with van der Waals surface area (Å²) in [7, 11) is 0. The van der Waals surface area contributed by atoms with Crippen molar-refractivity contribution in [3.8, 4) is 0 Å². The quantitative estimate of drug-likeness (QED) is 0.866. The van der Waals surface area contributed by atoms with Crippen molar-refractivity contribution in [1.82, 2.24) is 4.98 Å². The second-order valence-corrected chi connectivity index (χ2v) is 4.72. The fourth-order valence-corrected chi connectivity index (χ4v) is 1.88. The zero-order chi connectivity index (χ0) is 13.0. The van der Waals surface area contributed by atoms with Crippen LogP contribution in [0.3, 0.4) is 0 Å². The molecule has 2 aromatic rings. The van der Waals surface area contributed by atoms with Crippen LogP contribution < -0.4 is 5.32 Å². The molecule has 0 spiro atoms. The Bertz CT molecular complexity index is 496. The van der Waals surface area contributed by atoms with Crippen molar-refractivity contribution in [3.05, 3.63) is 59.9 Å². The van der Waals surface area contributed by atoms with E-state index in [-0.39, 0.29) is 6.61 Å². The first-order valence-electron chi connectivity index (χ1n) is 6.00. The van der Waals surface area contributed by atoms with Crippen molar-refractivity contribution in [3.63, 3.8) is 0 Å². The van der Waals surface area contributed by atoms with Crippen LogP contribution in [0.5, 0.6) is 0 Å². The van der Waals surface area contributed by atoms with E-state index in [0.717, 1.165) is 11.3 Å². The highest BCUT2D eigenvalue weighted by atomic mass is 16.3. The number of hydrogen-bond donors (Lipinski definition) is 2. The monoisotopic (exact) mass is 242 g/mol. The van der Waals surface area contributed by atoms with Crippen LogP contribution in [0, 0.1) is 6.92 Å². The Hall–Kier alpha value is -1.87. The molecule has 1 aromatic carbocycles. The number of anilines is 1. The molecule has 0 saturated carbocycles. The van der Waals surface area contributed by atoms with E-state index in [4.69, 9.17) is 0 Å². The zero-order valence-electron chi connectivity index (χ0n) is 10.7. The van der Waals surface area contributed by atoms with Gasteiger partial charge in [-0.1, -0.05) is 17.7 Å². The maximum absolute atomic E-state index is 9.67. The van der Waals surface area contributed by atoms with Crippen LogP contribution in [0.25, 0.3) is 0 Å². The van der Waals surface area contributed by atoms with Crippen molar-refractivity contribution in [2.45, 2.75) is 19.4 Å². The zero-order valence-corrected chi connectivity index (χ0v) is 10.7. The standard InChI is InChI=1S/C15H18N2O/c1-12-3-5-14(6-4-12)17-15(2,11-18)13-7-9-16-10-8-13/h3-10,17-18H,11H2,1-2H3. The summed E-state index contributed by atoms with van der Waals surface area (Å²) in [4.78, 5) is 4.00. The fourth-order valence-electron chi connectivity index (χ4n) is 1.88. The van der Waals surface area contributed by atoms with Crippen molar-refractivity contribution < 1.29 is 5.11 Å². The number of nitrogens with zero attached hydrogens (tertiary/aromatic N) is 1. The van der Waals surface area contributed by atoms with Crippen LogP contribution in [0.2, 0.25) is 0 Å². The van der Waals surface area contributed by atoms with Gasteiger partial charge in [0.05, 0.1) is 12.1 Å². The van der Waals surface area contributed by atoms with Crippen LogP contribution >= 0.6 is 0 Å². The number of aliphatic hydroxyl groups is 1. The van der Waals surface area contributed by atoms with Crippen LogP contribution in [0.4, 0.5) is 5.69 Å². The number of nitrogens with one attached hydrogen (secondary N) is 1. The SMILES string of the molecule is Cc1ccc(NC(C)(CO)c2ccncc2)cc1. The third-order valence-electron chi connectivity index (χ3n) is 3.11. The van der Waals surface area contributed by atoms with Gasteiger partial charge in [0.25, 0.3) is 0 Å². The van der Waals surface area contributed by atoms with Crippen molar-refractivity contribution in [2.24, 2.45) is 0 Å². The van der Waals surface area contributed by atoms with Crippen LogP contribution in [0.15, 0.2) is 48.8 Å². The molecule has 0 aliphatic heterocycles. The lowest BCUT2D eigenvalue weighted by Gasteiger charge is -2.30. The largest absolute Gasteiger partial charge is 0.394 e. The van der Waals surface area contributed by atoms with E-state index in [2.05, 4.69) is 17.2 Å². The van der Waals surface area contributed by atoms with Crippen LogP contribution in [0.1, 0.15) is 18.1 Å². The van der Waals surface area contributed by atoms with Gasteiger partial charge in [-0.3, -0.25) is 4.98 Å². The van der Waals surface area contributed by atoms with Crippen LogP contribution in [-0.4, -0.2) is 16.7 Å². The summed E-state index contributed by atoms with van der Waals surface area (Å²) in [6, 6.07) is 12.0. The summed E-state index contributed by atoms with van der Waals surface area (Å²) in [5, 5.41) is 13.0. The summed E-state index contributed by atoms with van der Waals surface area (Å²) in [5.74, 6) is 0. The van der Waals surface area contributed by atoms with Gasteiger partial charge in [0.1, 0.15) is 0 Å². The minimum absolute atomic E-state index is 0.0187. The normalized spacial score (nSPS) is 13.9. The van der Waals surface area contributed by atoms with E-state index in [9.17, 15) is 5.11 Å². The van der Waals surface area contributed by atoms with E-state index in [0.29, 0.717) is 0 Å². The number of benzene rings is 1.